The fourth-order valence-electron chi connectivity index (χ4n) is 1.83. The number of benzene rings is 1. The average Bonchev–Trinajstić information content (AvgIpc) is 2.77. The zero-order valence-corrected chi connectivity index (χ0v) is 12.2. The van der Waals surface area contributed by atoms with Gasteiger partial charge in [0.2, 0.25) is 0 Å². The van der Waals surface area contributed by atoms with Crippen LogP contribution < -0.4 is 0 Å². The molecule has 0 spiro atoms. The van der Waals surface area contributed by atoms with Crippen molar-refractivity contribution >= 4 is 38.9 Å². The number of halogens is 2. The van der Waals surface area contributed by atoms with Crippen LogP contribution in [0.15, 0.2) is 46.3 Å². The Morgan fingerprint density at radius 2 is 1.94 bits per heavy atom. The van der Waals surface area contributed by atoms with Crippen LogP contribution in [0.3, 0.4) is 0 Å². The predicted molar refractivity (Wildman–Crippen MR) is 76.8 cm³/mol. The molecule has 0 amide bonds. The minimum Gasteiger partial charge on any atom is -0.379 e. The van der Waals surface area contributed by atoms with Gasteiger partial charge in [-0.3, -0.25) is 0 Å². The van der Waals surface area contributed by atoms with Crippen LogP contribution in [-0.2, 0) is 5.60 Å². The Balaban J connectivity index is 2.50. The van der Waals surface area contributed by atoms with Gasteiger partial charge < -0.3 is 5.11 Å². The van der Waals surface area contributed by atoms with Crippen LogP contribution in [0.25, 0.3) is 0 Å². The van der Waals surface area contributed by atoms with Crippen LogP contribution in [-0.4, -0.2) is 11.0 Å². The molecule has 4 heteroatoms. The van der Waals surface area contributed by atoms with E-state index in [1.54, 1.807) is 0 Å². The van der Waals surface area contributed by atoms with Gasteiger partial charge in [0.15, 0.2) is 0 Å². The van der Waals surface area contributed by atoms with E-state index in [0.29, 0.717) is 12.3 Å². The van der Waals surface area contributed by atoms with E-state index in [-0.39, 0.29) is 0 Å². The quantitative estimate of drug-likeness (QED) is 0.825. The van der Waals surface area contributed by atoms with Crippen molar-refractivity contribution < 1.29 is 5.11 Å². The molecule has 1 aromatic carbocycles. The normalized spacial score (nSPS) is 14.5. The van der Waals surface area contributed by atoms with Crippen molar-refractivity contribution in [3.8, 4) is 0 Å². The summed E-state index contributed by atoms with van der Waals surface area (Å²) < 4.78 is 0.930. The molecule has 1 aromatic heterocycles. The van der Waals surface area contributed by atoms with E-state index in [9.17, 15) is 5.11 Å². The molecule has 1 atom stereocenters. The molecule has 2 rings (SSSR count). The minimum absolute atomic E-state index is 0.412. The lowest BCUT2D eigenvalue weighted by Crippen LogP contribution is -2.27. The smallest absolute Gasteiger partial charge is 0.126 e. The van der Waals surface area contributed by atoms with E-state index in [1.165, 1.54) is 11.3 Å². The van der Waals surface area contributed by atoms with E-state index in [1.807, 2.05) is 41.8 Å². The van der Waals surface area contributed by atoms with Gasteiger partial charge in [0.25, 0.3) is 0 Å². The van der Waals surface area contributed by atoms with Gasteiger partial charge in [-0.2, -0.15) is 0 Å². The second kappa shape index (κ2) is 5.53. The molecule has 1 heterocycles. The topological polar surface area (TPSA) is 20.2 Å². The van der Waals surface area contributed by atoms with E-state index in [0.717, 1.165) is 14.9 Å². The molecular weight excluding hydrogens is 320 g/mol. The van der Waals surface area contributed by atoms with Crippen molar-refractivity contribution in [3.05, 3.63) is 56.7 Å². The molecule has 0 radical (unpaired) electrons. The van der Waals surface area contributed by atoms with Gasteiger partial charge in [0.05, 0.1) is 4.88 Å². The van der Waals surface area contributed by atoms with Gasteiger partial charge in [-0.1, -0.05) is 30.3 Å². The summed E-state index contributed by atoms with van der Waals surface area (Å²) in [5.41, 5.74) is -0.125. The van der Waals surface area contributed by atoms with Crippen LogP contribution in [0, 0.1) is 0 Å². The monoisotopic (exact) mass is 330 g/mol. The van der Waals surface area contributed by atoms with Crippen LogP contribution >= 0.6 is 38.9 Å². The first-order valence-electron chi connectivity index (χ1n) is 5.26. The summed E-state index contributed by atoms with van der Waals surface area (Å²) in [7, 11) is 0. The second-order valence-electron chi connectivity index (χ2n) is 3.76. The second-order valence-corrected chi connectivity index (χ2v) is 5.91. The van der Waals surface area contributed by atoms with Crippen LogP contribution in [0.4, 0.5) is 0 Å². The number of hydrogen-bond donors (Lipinski definition) is 1. The summed E-state index contributed by atoms with van der Waals surface area (Å²) >= 11 is 10.8. The van der Waals surface area contributed by atoms with Crippen molar-refractivity contribution in [2.45, 2.75) is 12.0 Å². The fourth-order valence-corrected chi connectivity index (χ4v) is 3.95. The largest absolute Gasteiger partial charge is 0.379 e. The molecule has 17 heavy (non-hydrogen) atoms. The SMILES string of the molecule is OC(CCCl)(c1ccccc1)c1sccc1Br. The Morgan fingerprint density at radius 1 is 1.24 bits per heavy atom. The minimum atomic E-state index is -1.00. The van der Waals surface area contributed by atoms with Crippen LogP contribution in [0.2, 0.25) is 0 Å². The summed E-state index contributed by atoms with van der Waals surface area (Å²) in [4.78, 5) is 0.907. The average molecular weight is 332 g/mol. The van der Waals surface area contributed by atoms with Crippen molar-refractivity contribution in [2.24, 2.45) is 0 Å². The fraction of sp³-hybridized carbons (Fsp3) is 0.231. The lowest BCUT2D eigenvalue weighted by molar-refractivity contribution is 0.0807. The molecule has 1 unspecified atom stereocenters. The number of thiophene rings is 1. The molecule has 0 aliphatic carbocycles. The molecule has 0 aliphatic heterocycles. The van der Waals surface area contributed by atoms with Crippen molar-refractivity contribution in [3.63, 3.8) is 0 Å². The Hall–Kier alpha value is -0.350. The highest BCUT2D eigenvalue weighted by Gasteiger charge is 2.33. The first-order chi connectivity index (χ1) is 8.18. The van der Waals surface area contributed by atoms with Crippen LogP contribution in [0.1, 0.15) is 16.9 Å². The van der Waals surface area contributed by atoms with Crippen molar-refractivity contribution in [1.29, 1.82) is 0 Å². The van der Waals surface area contributed by atoms with Gasteiger partial charge >= 0.3 is 0 Å². The molecule has 0 fully saturated rings. The maximum absolute atomic E-state index is 10.9. The number of alkyl halides is 1. The summed E-state index contributed by atoms with van der Waals surface area (Å²) in [6.45, 7) is 0. The van der Waals surface area contributed by atoms with Gasteiger partial charge in [0.1, 0.15) is 5.60 Å². The summed E-state index contributed by atoms with van der Waals surface area (Å²) in [5, 5.41) is 12.9. The lowest BCUT2D eigenvalue weighted by atomic mass is 9.89. The Kier molecular flexibility index (Phi) is 4.26. The number of aliphatic hydroxyl groups is 1. The molecule has 0 saturated carbocycles. The van der Waals surface area contributed by atoms with Gasteiger partial charge in [0, 0.05) is 10.4 Å². The van der Waals surface area contributed by atoms with Crippen LogP contribution in [0.5, 0.6) is 0 Å². The third-order valence-electron chi connectivity index (χ3n) is 2.70. The maximum atomic E-state index is 10.9. The van der Waals surface area contributed by atoms with E-state index >= 15 is 0 Å². The van der Waals surface area contributed by atoms with Gasteiger partial charge in [-0.25, -0.2) is 0 Å². The van der Waals surface area contributed by atoms with Gasteiger partial charge in [-0.05, 0) is 39.4 Å². The Labute approximate surface area is 118 Å². The Bertz CT molecular complexity index is 485. The summed E-state index contributed by atoms with van der Waals surface area (Å²) in [6, 6.07) is 11.6. The zero-order valence-electron chi connectivity index (χ0n) is 9.07. The highest BCUT2D eigenvalue weighted by Crippen LogP contribution is 2.40. The maximum Gasteiger partial charge on any atom is 0.126 e. The standard InChI is InChI=1S/C13H12BrClOS/c14-11-6-9-17-12(11)13(16,7-8-15)10-4-2-1-3-5-10/h1-6,9,16H,7-8H2. The van der Waals surface area contributed by atoms with Crippen molar-refractivity contribution in [2.75, 3.05) is 5.88 Å². The lowest BCUT2D eigenvalue weighted by Gasteiger charge is -2.27. The highest BCUT2D eigenvalue weighted by molar-refractivity contribution is 9.10. The summed E-state index contributed by atoms with van der Waals surface area (Å²) in [6.07, 6.45) is 0.498. The third kappa shape index (κ3) is 2.58. The molecule has 90 valence electrons. The zero-order chi connectivity index (χ0) is 12.3. The number of rotatable bonds is 4. The predicted octanol–water partition coefficient (Wildman–Crippen LogP) is 4.38. The summed E-state index contributed by atoms with van der Waals surface area (Å²) in [5.74, 6) is 0.412. The first kappa shape index (κ1) is 13.1. The molecule has 0 bridgehead atoms. The molecule has 1 N–H and O–H groups in total. The molecule has 2 aromatic rings. The van der Waals surface area contributed by atoms with E-state index < -0.39 is 5.60 Å². The van der Waals surface area contributed by atoms with Crippen molar-refractivity contribution in [1.82, 2.24) is 0 Å². The molecule has 0 saturated heterocycles. The van der Waals surface area contributed by atoms with E-state index in [4.69, 9.17) is 11.6 Å². The Morgan fingerprint density at radius 3 is 2.47 bits per heavy atom. The molecular formula is C13H12BrClOS. The molecule has 0 aliphatic rings. The van der Waals surface area contributed by atoms with Gasteiger partial charge in [-0.15, -0.1) is 22.9 Å². The number of hydrogen-bond acceptors (Lipinski definition) is 2. The highest BCUT2D eigenvalue weighted by atomic mass is 79.9. The first-order valence-corrected chi connectivity index (χ1v) is 7.46. The molecule has 1 nitrogen and oxygen atoms in total. The van der Waals surface area contributed by atoms with E-state index in [2.05, 4.69) is 15.9 Å². The third-order valence-corrected chi connectivity index (χ3v) is 4.88.